The summed E-state index contributed by atoms with van der Waals surface area (Å²) in [4.78, 5) is 12.3. The van der Waals surface area contributed by atoms with Crippen LogP contribution in [-0.4, -0.2) is 37.5 Å². The average Bonchev–Trinajstić information content (AvgIpc) is 3.28. The number of hydrogen-bond acceptors (Lipinski definition) is 8. The maximum Gasteiger partial charge on any atom is 0.306 e. The molecule has 0 unspecified atom stereocenters. The van der Waals surface area contributed by atoms with Gasteiger partial charge in [0.15, 0.2) is 17.6 Å². The van der Waals surface area contributed by atoms with E-state index in [2.05, 4.69) is 10.2 Å². The standard InChI is InChI=1S/C22H24N2O6/c1-14(21-23-24-22(30-21)16-8-6-5-7-9-16)29-19(25)11-10-15-12-17(26-2)20(28-4)18(13-15)27-3/h5-9,12-14H,10-11H2,1-4H3/t14-/m1/s1. The topological polar surface area (TPSA) is 92.9 Å². The van der Waals surface area contributed by atoms with Crippen molar-refractivity contribution in [1.29, 1.82) is 0 Å². The molecule has 0 aliphatic heterocycles. The van der Waals surface area contributed by atoms with Crippen LogP contribution in [0.25, 0.3) is 11.5 Å². The molecule has 0 saturated heterocycles. The second-order valence-electron chi connectivity index (χ2n) is 6.48. The van der Waals surface area contributed by atoms with Gasteiger partial charge in [0, 0.05) is 12.0 Å². The molecule has 8 heteroatoms. The van der Waals surface area contributed by atoms with Gasteiger partial charge in [-0.1, -0.05) is 18.2 Å². The lowest BCUT2D eigenvalue weighted by Crippen LogP contribution is -2.10. The maximum absolute atomic E-state index is 12.3. The summed E-state index contributed by atoms with van der Waals surface area (Å²) in [6.45, 7) is 1.69. The minimum absolute atomic E-state index is 0.169. The molecular weight excluding hydrogens is 388 g/mol. The Morgan fingerprint density at radius 2 is 1.67 bits per heavy atom. The first-order valence-electron chi connectivity index (χ1n) is 9.43. The molecule has 3 aromatic rings. The molecule has 2 aromatic carbocycles. The molecule has 158 valence electrons. The van der Waals surface area contributed by atoms with E-state index in [9.17, 15) is 4.79 Å². The molecule has 1 atom stereocenters. The van der Waals surface area contributed by atoms with Crippen LogP contribution in [0.3, 0.4) is 0 Å². The molecule has 0 aliphatic rings. The SMILES string of the molecule is COc1cc(CCC(=O)O[C@H](C)c2nnc(-c3ccccc3)o2)cc(OC)c1OC. The van der Waals surface area contributed by atoms with E-state index in [0.29, 0.717) is 29.6 Å². The van der Waals surface area contributed by atoms with Gasteiger partial charge < -0.3 is 23.4 Å². The maximum atomic E-state index is 12.3. The van der Waals surface area contributed by atoms with Crippen molar-refractivity contribution in [2.24, 2.45) is 0 Å². The number of carbonyl (C=O) groups excluding carboxylic acids is 1. The Bertz CT molecular complexity index is 961. The third-order valence-electron chi connectivity index (χ3n) is 4.46. The zero-order valence-electron chi connectivity index (χ0n) is 17.4. The number of ether oxygens (including phenoxy) is 4. The van der Waals surface area contributed by atoms with Crippen molar-refractivity contribution in [1.82, 2.24) is 10.2 Å². The lowest BCUT2D eigenvalue weighted by atomic mass is 10.1. The van der Waals surface area contributed by atoms with Crippen LogP contribution in [0.5, 0.6) is 17.2 Å². The molecule has 30 heavy (non-hydrogen) atoms. The van der Waals surface area contributed by atoms with Gasteiger partial charge in [0.2, 0.25) is 11.6 Å². The Balaban J connectivity index is 1.60. The lowest BCUT2D eigenvalue weighted by Gasteiger charge is -2.14. The number of carbonyl (C=O) groups is 1. The van der Waals surface area contributed by atoms with Crippen molar-refractivity contribution in [3.8, 4) is 28.7 Å². The molecule has 0 spiro atoms. The summed E-state index contributed by atoms with van der Waals surface area (Å²) in [5.74, 6) is 1.82. The Hall–Kier alpha value is -3.55. The minimum Gasteiger partial charge on any atom is -0.493 e. The largest absolute Gasteiger partial charge is 0.493 e. The predicted octanol–water partition coefficient (Wildman–Crippen LogP) is 4.00. The van der Waals surface area contributed by atoms with Crippen LogP contribution in [-0.2, 0) is 16.0 Å². The number of aryl methyl sites for hydroxylation is 1. The van der Waals surface area contributed by atoms with Crippen molar-refractivity contribution in [3.63, 3.8) is 0 Å². The van der Waals surface area contributed by atoms with Gasteiger partial charge in [-0.05, 0) is 43.2 Å². The number of rotatable bonds is 9. The normalized spacial score (nSPS) is 11.6. The molecule has 3 rings (SSSR count). The molecule has 0 amide bonds. The third kappa shape index (κ3) is 4.89. The molecule has 0 saturated carbocycles. The highest BCUT2D eigenvalue weighted by atomic mass is 16.6. The molecule has 8 nitrogen and oxygen atoms in total. The first-order valence-corrected chi connectivity index (χ1v) is 9.43. The zero-order chi connectivity index (χ0) is 21.5. The Morgan fingerprint density at radius 3 is 2.27 bits per heavy atom. The van der Waals surface area contributed by atoms with E-state index < -0.39 is 6.10 Å². The number of esters is 1. The number of aromatic nitrogens is 2. The quantitative estimate of drug-likeness (QED) is 0.487. The van der Waals surface area contributed by atoms with E-state index in [1.807, 2.05) is 42.5 Å². The van der Waals surface area contributed by atoms with E-state index in [-0.39, 0.29) is 18.3 Å². The summed E-state index contributed by atoms with van der Waals surface area (Å²) < 4.78 is 27.1. The summed E-state index contributed by atoms with van der Waals surface area (Å²) >= 11 is 0. The number of benzene rings is 2. The van der Waals surface area contributed by atoms with Crippen LogP contribution >= 0.6 is 0 Å². The van der Waals surface area contributed by atoms with Crippen LogP contribution in [0, 0.1) is 0 Å². The lowest BCUT2D eigenvalue weighted by molar-refractivity contribution is -0.149. The van der Waals surface area contributed by atoms with E-state index in [1.165, 1.54) is 0 Å². The molecule has 1 aromatic heterocycles. The van der Waals surface area contributed by atoms with Gasteiger partial charge in [0.25, 0.3) is 5.89 Å². The van der Waals surface area contributed by atoms with Crippen molar-refractivity contribution in [2.45, 2.75) is 25.9 Å². The van der Waals surface area contributed by atoms with Gasteiger partial charge in [-0.3, -0.25) is 4.79 Å². The second-order valence-corrected chi connectivity index (χ2v) is 6.48. The molecule has 1 heterocycles. The van der Waals surface area contributed by atoms with E-state index in [4.69, 9.17) is 23.4 Å². The smallest absolute Gasteiger partial charge is 0.306 e. The van der Waals surface area contributed by atoms with Crippen molar-refractivity contribution >= 4 is 5.97 Å². The van der Waals surface area contributed by atoms with E-state index in [1.54, 1.807) is 28.3 Å². The van der Waals surface area contributed by atoms with Crippen molar-refractivity contribution in [3.05, 3.63) is 53.9 Å². The summed E-state index contributed by atoms with van der Waals surface area (Å²) in [5.41, 5.74) is 1.66. The highest BCUT2D eigenvalue weighted by molar-refractivity contribution is 5.70. The first kappa shape index (κ1) is 21.2. The van der Waals surface area contributed by atoms with Gasteiger partial charge in [-0.25, -0.2) is 0 Å². The predicted molar refractivity (Wildman–Crippen MR) is 109 cm³/mol. The first-order chi connectivity index (χ1) is 14.5. The zero-order valence-corrected chi connectivity index (χ0v) is 17.4. The highest BCUT2D eigenvalue weighted by Crippen LogP contribution is 2.38. The Kier molecular flexibility index (Phi) is 6.90. The summed E-state index contributed by atoms with van der Waals surface area (Å²) in [7, 11) is 4.63. The van der Waals surface area contributed by atoms with Crippen LogP contribution in [0.1, 0.15) is 30.9 Å². The molecular formula is C22H24N2O6. The fourth-order valence-corrected chi connectivity index (χ4v) is 2.93. The van der Waals surface area contributed by atoms with E-state index >= 15 is 0 Å². The summed E-state index contributed by atoms with van der Waals surface area (Å²) in [6.07, 6.45) is -0.0355. The van der Waals surface area contributed by atoms with Gasteiger partial charge >= 0.3 is 5.97 Å². The fraction of sp³-hybridized carbons (Fsp3) is 0.318. The molecule has 0 radical (unpaired) electrons. The fourth-order valence-electron chi connectivity index (χ4n) is 2.93. The van der Waals surface area contributed by atoms with Gasteiger partial charge in [0.05, 0.1) is 21.3 Å². The average molecular weight is 412 g/mol. The number of methoxy groups -OCH3 is 3. The molecule has 0 aliphatic carbocycles. The van der Waals surface area contributed by atoms with E-state index in [0.717, 1.165) is 11.1 Å². The van der Waals surface area contributed by atoms with Crippen LogP contribution in [0.4, 0.5) is 0 Å². The third-order valence-corrected chi connectivity index (χ3v) is 4.46. The monoisotopic (exact) mass is 412 g/mol. The van der Waals surface area contributed by atoms with Gasteiger partial charge in [0.1, 0.15) is 0 Å². The van der Waals surface area contributed by atoms with Crippen LogP contribution < -0.4 is 14.2 Å². The second kappa shape index (κ2) is 9.78. The van der Waals surface area contributed by atoms with Crippen LogP contribution in [0.2, 0.25) is 0 Å². The number of nitrogens with zero attached hydrogens (tertiary/aromatic N) is 2. The van der Waals surface area contributed by atoms with Crippen molar-refractivity contribution in [2.75, 3.05) is 21.3 Å². The molecule has 0 bridgehead atoms. The summed E-state index contributed by atoms with van der Waals surface area (Å²) in [5, 5.41) is 8.00. The Morgan fingerprint density at radius 1 is 1.00 bits per heavy atom. The van der Waals surface area contributed by atoms with Crippen LogP contribution in [0.15, 0.2) is 46.9 Å². The minimum atomic E-state index is -0.651. The highest BCUT2D eigenvalue weighted by Gasteiger charge is 2.20. The number of hydrogen-bond donors (Lipinski definition) is 0. The van der Waals surface area contributed by atoms with Gasteiger partial charge in [-0.2, -0.15) is 0 Å². The Labute approximate surface area is 174 Å². The van der Waals surface area contributed by atoms with Crippen molar-refractivity contribution < 1.29 is 28.2 Å². The summed E-state index contributed by atoms with van der Waals surface area (Å²) in [6, 6.07) is 13.0. The van der Waals surface area contributed by atoms with Gasteiger partial charge in [-0.15, -0.1) is 10.2 Å². The molecule has 0 fully saturated rings. The molecule has 0 N–H and O–H groups in total.